The Bertz CT molecular complexity index is 528. The van der Waals surface area contributed by atoms with Gasteiger partial charge in [0, 0.05) is 25.3 Å². The number of rotatable bonds is 5. The molecule has 2 aliphatic rings. The van der Waals surface area contributed by atoms with Gasteiger partial charge in [0.1, 0.15) is 0 Å². The number of hydrogen-bond donors (Lipinski definition) is 2. The molecule has 5 heteroatoms. The van der Waals surface area contributed by atoms with Gasteiger partial charge >= 0.3 is 0 Å². The summed E-state index contributed by atoms with van der Waals surface area (Å²) in [5.41, 5.74) is 0.766. The third-order valence-electron chi connectivity index (χ3n) is 4.53. The van der Waals surface area contributed by atoms with Crippen molar-refractivity contribution >= 4 is 17.5 Å². The molecule has 1 unspecified atom stereocenters. The van der Waals surface area contributed by atoms with Gasteiger partial charge in [-0.3, -0.25) is 9.59 Å². The maximum Gasteiger partial charge on any atom is 0.240 e. The molecule has 1 saturated carbocycles. The van der Waals surface area contributed by atoms with Crippen LogP contribution in [0.25, 0.3) is 0 Å². The third kappa shape index (κ3) is 3.65. The molecule has 118 valence electrons. The van der Waals surface area contributed by atoms with Crippen molar-refractivity contribution in [3.8, 4) is 0 Å². The first-order valence-corrected chi connectivity index (χ1v) is 8.09. The summed E-state index contributed by atoms with van der Waals surface area (Å²) in [5, 5.41) is 6.01. The molecule has 1 atom stereocenters. The molecule has 0 bridgehead atoms. The van der Waals surface area contributed by atoms with Gasteiger partial charge in [-0.05, 0) is 30.9 Å². The van der Waals surface area contributed by atoms with Gasteiger partial charge in [0.05, 0.1) is 12.5 Å². The van der Waals surface area contributed by atoms with Gasteiger partial charge in [-0.2, -0.15) is 0 Å². The van der Waals surface area contributed by atoms with E-state index < -0.39 is 6.04 Å². The van der Waals surface area contributed by atoms with Crippen molar-refractivity contribution in [1.29, 1.82) is 0 Å². The van der Waals surface area contributed by atoms with E-state index in [4.69, 9.17) is 0 Å². The summed E-state index contributed by atoms with van der Waals surface area (Å²) in [6.45, 7) is 2.38. The van der Waals surface area contributed by atoms with E-state index in [9.17, 15) is 9.59 Å². The Hall–Kier alpha value is -1.88. The molecule has 1 heterocycles. The highest BCUT2D eigenvalue weighted by molar-refractivity contribution is 5.95. The second-order valence-electron chi connectivity index (χ2n) is 6.21. The van der Waals surface area contributed by atoms with Crippen LogP contribution in [0.15, 0.2) is 30.3 Å². The molecular weight excluding hydrogens is 278 g/mol. The molecular formula is C17H23N3O2. The van der Waals surface area contributed by atoms with Crippen LogP contribution in [0.4, 0.5) is 5.69 Å². The second kappa shape index (κ2) is 6.92. The van der Waals surface area contributed by atoms with Gasteiger partial charge in [0.15, 0.2) is 0 Å². The fourth-order valence-electron chi connectivity index (χ4n) is 3.04. The number of para-hydroxylation sites is 1. The van der Waals surface area contributed by atoms with Crippen molar-refractivity contribution in [1.82, 2.24) is 10.2 Å². The zero-order valence-electron chi connectivity index (χ0n) is 12.8. The summed E-state index contributed by atoms with van der Waals surface area (Å²) in [6.07, 6.45) is 3.94. The van der Waals surface area contributed by atoms with Crippen molar-refractivity contribution in [3.05, 3.63) is 30.3 Å². The van der Waals surface area contributed by atoms with Crippen LogP contribution in [0, 0.1) is 5.92 Å². The van der Waals surface area contributed by atoms with Gasteiger partial charge in [-0.15, -0.1) is 0 Å². The molecule has 2 fully saturated rings. The van der Waals surface area contributed by atoms with Gasteiger partial charge in [-0.1, -0.05) is 24.6 Å². The summed E-state index contributed by atoms with van der Waals surface area (Å²) >= 11 is 0. The Morgan fingerprint density at radius 2 is 2.05 bits per heavy atom. The van der Waals surface area contributed by atoms with Crippen LogP contribution < -0.4 is 10.6 Å². The quantitative estimate of drug-likeness (QED) is 0.868. The predicted molar refractivity (Wildman–Crippen MR) is 85.4 cm³/mol. The SMILES string of the molecule is O=C(CC1NCCN(CC2CCC2)C1=O)Nc1ccccc1. The van der Waals surface area contributed by atoms with E-state index in [0.717, 1.165) is 25.3 Å². The number of piperazine rings is 1. The van der Waals surface area contributed by atoms with Gasteiger partial charge < -0.3 is 15.5 Å². The molecule has 1 aromatic carbocycles. The standard InChI is InChI=1S/C17H23N3O2/c21-16(19-14-7-2-1-3-8-14)11-15-17(22)20(10-9-18-15)12-13-5-4-6-13/h1-3,7-8,13,15,18H,4-6,9-12H2,(H,19,21). The van der Waals surface area contributed by atoms with Crippen molar-refractivity contribution in [2.24, 2.45) is 5.92 Å². The zero-order chi connectivity index (χ0) is 15.4. The van der Waals surface area contributed by atoms with Crippen LogP contribution in [0.1, 0.15) is 25.7 Å². The number of hydrogen-bond acceptors (Lipinski definition) is 3. The lowest BCUT2D eigenvalue weighted by Crippen LogP contribution is -2.57. The third-order valence-corrected chi connectivity index (χ3v) is 4.53. The fourth-order valence-corrected chi connectivity index (χ4v) is 3.04. The first-order chi connectivity index (χ1) is 10.7. The number of anilines is 1. The van der Waals surface area contributed by atoms with Crippen LogP contribution in [-0.2, 0) is 9.59 Å². The van der Waals surface area contributed by atoms with Crippen LogP contribution >= 0.6 is 0 Å². The summed E-state index contributed by atoms with van der Waals surface area (Å²) in [5.74, 6) is 0.616. The van der Waals surface area contributed by atoms with E-state index in [1.807, 2.05) is 35.2 Å². The average molecular weight is 301 g/mol. The predicted octanol–water partition coefficient (Wildman–Crippen LogP) is 1.62. The van der Waals surface area contributed by atoms with E-state index in [2.05, 4.69) is 10.6 Å². The lowest BCUT2D eigenvalue weighted by atomic mass is 9.85. The maximum absolute atomic E-state index is 12.5. The number of benzene rings is 1. The van der Waals surface area contributed by atoms with Gasteiger partial charge in [0.2, 0.25) is 11.8 Å². The minimum Gasteiger partial charge on any atom is -0.340 e. The fraction of sp³-hybridized carbons (Fsp3) is 0.529. The monoisotopic (exact) mass is 301 g/mol. The van der Waals surface area contributed by atoms with Gasteiger partial charge in [0.25, 0.3) is 0 Å². The number of nitrogens with one attached hydrogen (secondary N) is 2. The Kier molecular flexibility index (Phi) is 4.73. The smallest absolute Gasteiger partial charge is 0.240 e. The maximum atomic E-state index is 12.5. The van der Waals surface area contributed by atoms with Crippen molar-refractivity contribution in [2.45, 2.75) is 31.7 Å². The number of amides is 2. The minimum absolute atomic E-state index is 0.0707. The lowest BCUT2D eigenvalue weighted by molar-refractivity contribution is -0.138. The summed E-state index contributed by atoms with van der Waals surface area (Å²) < 4.78 is 0. The van der Waals surface area contributed by atoms with E-state index in [-0.39, 0.29) is 18.2 Å². The van der Waals surface area contributed by atoms with Crippen LogP contribution in [-0.4, -0.2) is 42.4 Å². The molecule has 1 saturated heterocycles. The van der Waals surface area contributed by atoms with E-state index in [0.29, 0.717) is 5.92 Å². The molecule has 22 heavy (non-hydrogen) atoms. The molecule has 2 amide bonds. The van der Waals surface area contributed by atoms with Crippen LogP contribution in [0.5, 0.6) is 0 Å². The first kappa shape index (κ1) is 15.0. The highest BCUT2D eigenvalue weighted by atomic mass is 16.2. The molecule has 0 spiro atoms. The lowest BCUT2D eigenvalue weighted by Gasteiger charge is -2.37. The molecule has 3 rings (SSSR count). The Morgan fingerprint density at radius 3 is 2.73 bits per heavy atom. The number of carbonyl (C=O) groups is 2. The highest BCUT2D eigenvalue weighted by Crippen LogP contribution is 2.27. The normalized spacial score (nSPS) is 22.3. The summed E-state index contributed by atoms with van der Waals surface area (Å²) in [7, 11) is 0. The van der Waals surface area contributed by atoms with E-state index >= 15 is 0 Å². The van der Waals surface area contributed by atoms with Crippen LogP contribution in [0.2, 0.25) is 0 Å². The highest BCUT2D eigenvalue weighted by Gasteiger charge is 2.32. The topological polar surface area (TPSA) is 61.4 Å². The number of nitrogens with zero attached hydrogens (tertiary/aromatic N) is 1. The molecule has 0 radical (unpaired) electrons. The zero-order valence-corrected chi connectivity index (χ0v) is 12.8. The molecule has 2 N–H and O–H groups in total. The molecule has 1 aliphatic carbocycles. The Morgan fingerprint density at radius 1 is 1.27 bits per heavy atom. The Labute approximate surface area is 131 Å². The molecule has 0 aromatic heterocycles. The molecule has 1 aliphatic heterocycles. The van der Waals surface area contributed by atoms with Gasteiger partial charge in [-0.25, -0.2) is 0 Å². The minimum atomic E-state index is -0.391. The average Bonchev–Trinajstić information content (AvgIpc) is 2.47. The van der Waals surface area contributed by atoms with Crippen molar-refractivity contribution < 1.29 is 9.59 Å². The second-order valence-corrected chi connectivity index (χ2v) is 6.21. The Balaban J connectivity index is 1.52. The summed E-state index contributed by atoms with van der Waals surface area (Å²) in [4.78, 5) is 26.5. The molecule has 5 nitrogen and oxygen atoms in total. The first-order valence-electron chi connectivity index (χ1n) is 8.09. The van der Waals surface area contributed by atoms with Crippen LogP contribution in [0.3, 0.4) is 0 Å². The largest absolute Gasteiger partial charge is 0.340 e. The summed E-state index contributed by atoms with van der Waals surface area (Å²) in [6, 6.07) is 8.95. The van der Waals surface area contributed by atoms with E-state index in [1.165, 1.54) is 19.3 Å². The number of carbonyl (C=O) groups excluding carboxylic acids is 2. The van der Waals surface area contributed by atoms with E-state index in [1.54, 1.807) is 0 Å². The van der Waals surface area contributed by atoms with Crippen molar-refractivity contribution in [3.63, 3.8) is 0 Å². The van der Waals surface area contributed by atoms with Crippen molar-refractivity contribution in [2.75, 3.05) is 25.0 Å². The molecule has 1 aromatic rings.